The lowest BCUT2D eigenvalue weighted by molar-refractivity contribution is -0.142. The zero-order valence-corrected chi connectivity index (χ0v) is 20.3. The highest BCUT2D eigenvalue weighted by atomic mass is 19.1. The van der Waals surface area contributed by atoms with E-state index in [-0.39, 0.29) is 37.3 Å². The van der Waals surface area contributed by atoms with E-state index < -0.39 is 6.04 Å². The molecule has 0 bridgehead atoms. The van der Waals surface area contributed by atoms with Crippen molar-refractivity contribution in [3.8, 4) is 5.75 Å². The number of benzene rings is 3. The van der Waals surface area contributed by atoms with Crippen LogP contribution in [0.3, 0.4) is 0 Å². The van der Waals surface area contributed by atoms with Crippen LogP contribution in [0.1, 0.15) is 16.8 Å². The number of hydrogen-bond acceptors (Lipinski definition) is 4. The van der Waals surface area contributed by atoms with Crippen LogP contribution in [0.15, 0.2) is 109 Å². The number of ether oxygens (including phenoxy) is 1. The number of para-hydroxylation sites is 1. The summed E-state index contributed by atoms with van der Waals surface area (Å²) in [5.74, 6) is -0.494. The molecule has 2 amide bonds. The van der Waals surface area contributed by atoms with E-state index in [2.05, 4.69) is 10.3 Å². The van der Waals surface area contributed by atoms with Crippen LogP contribution in [-0.4, -0.2) is 34.3 Å². The van der Waals surface area contributed by atoms with Gasteiger partial charge in [0.05, 0.1) is 12.2 Å². The normalized spacial score (nSPS) is 11.4. The SMILES string of the molecule is O=C(NCc1ccccn1)[C@H](Cc1ccccc1)N(Cc1ccc(F)cc1)C(=O)COc1ccccc1. The molecule has 0 saturated heterocycles. The van der Waals surface area contributed by atoms with E-state index in [1.165, 1.54) is 17.0 Å². The lowest BCUT2D eigenvalue weighted by atomic mass is 10.0. The van der Waals surface area contributed by atoms with E-state index >= 15 is 0 Å². The fourth-order valence-corrected chi connectivity index (χ4v) is 3.88. The smallest absolute Gasteiger partial charge is 0.261 e. The number of nitrogens with zero attached hydrogens (tertiary/aromatic N) is 2. The van der Waals surface area contributed by atoms with Crippen LogP contribution in [0.4, 0.5) is 4.39 Å². The number of carbonyl (C=O) groups is 2. The van der Waals surface area contributed by atoms with E-state index in [9.17, 15) is 14.0 Å². The molecule has 0 aliphatic carbocycles. The average molecular weight is 498 g/mol. The predicted octanol–water partition coefficient (Wildman–Crippen LogP) is 4.56. The molecule has 1 heterocycles. The third kappa shape index (κ3) is 7.73. The molecule has 7 heteroatoms. The monoisotopic (exact) mass is 497 g/mol. The van der Waals surface area contributed by atoms with Crippen molar-refractivity contribution >= 4 is 11.8 Å². The summed E-state index contributed by atoms with van der Waals surface area (Å²) in [5.41, 5.74) is 2.31. The first-order valence-electron chi connectivity index (χ1n) is 12.0. The van der Waals surface area contributed by atoms with Crippen molar-refractivity contribution in [3.63, 3.8) is 0 Å². The Hall–Kier alpha value is -4.52. The Labute approximate surface area is 215 Å². The fraction of sp³-hybridized carbons (Fsp3) is 0.167. The van der Waals surface area contributed by atoms with Crippen molar-refractivity contribution in [2.45, 2.75) is 25.6 Å². The molecule has 0 fully saturated rings. The van der Waals surface area contributed by atoms with Crippen LogP contribution in [0, 0.1) is 5.82 Å². The van der Waals surface area contributed by atoms with Gasteiger partial charge in [-0.1, -0.05) is 66.7 Å². The third-order valence-electron chi connectivity index (χ3n) is 5.81. The number of nitrogens with one attached hydrogen (secondary N) is 1. The highest BCUT2D eigenvalue weighted by molar-refractivity contribution is 5.88. The fourth-order valence-electron chi connectivity index (χ4n) is 3.88. The van der Waals surface area contributed by atoms with E-state index in [0.29, 0.717) is 23.4 Å². The van der Waals surface area contributed by atoms with Crippen LogP contribution in [0.2, 0.25) is 0 Å². The third-order valence-corrected chi connectivity index (χ3v) is 5.81. The molecule has 3 aromatic carbocycles. The minimum absolute atomic E-state index is 0.117. The summed E-state index contributed by atoms with van der Waals surface area (Å²) in [6, 6.07) is 29.1. The van der Waals surface area contributed by atoms with Gasteiger partial charge in [-0.2, -0.15) is 0 Å². The van der Waals surface area contributed by atoms with Gasteiger partial charge in [0.25, 0.3) is 5.91 Å². The summed E-state index contributed by atoms with van der Waals surface area (Å²) in [5, 5.41) is 2.93. The maximum absolute atomic E-state index is 13.6. The lowest BCUT2D eigenvalue weighted by Crippen LogP contribution is -2.51. The molecule has 1 N–H and O–H groups in total. The van der Waals surface area contributed by atoms with Gasteiger partial charge in [0.2, 0.25) is 5.91 Å². The highest BCUT2D eigenvalue weighted by Gasteiger charge is 2.30. The highest BCUT2D eigenvalue weighted by Crippen LogP contribution is 2.17. The molecule has 4 aromatic rings. The van der Waals surface area contributed by atoms with E-state index in [0.717, 1.165) is 5.56 Å². The van der Waals surface area contributed by atoms with Gasteiger partial charge in [-0.3, -0.25) is 14.6 Å². The molecule has 0 spiro atoms. The van der Waals surface area contributed by atoms with Crippen molar-refractivity contribution in [1.82, 2.24) is 15.2 Å². The largest absolute Gasteiger partial charge is 0.484 e. The minimum Gasteiger partial charge on any atom is -0.484 e. The van der Waals surface area contributed by atoms with Crippen LogP contribution in [0.5, 0.6) is 5.75 Å². The summed E-state index contributed by atoms with van der Waals surface area (Å²) < 4.78 is 19.3. The second kappa shape index (κ2) is 13.0. The Bertz CT molecular complexity index is 1270. The van der Waals surface area contributed by atoms with Gasteiger partial charge in [-0.25, -0.2) is 4.39 Å². The van der Waals surface area contributed by atoms with Crippen LogP contribution in [0.25, 0.3) is 0 Å². The van der Waals surface area contributed by atoms with E-state index in [4.69, 9.17) is 4.74 Å². The number of rotatable bonds is 11. The maximum Gasteiger partial charge on any atom is 0.261 e. The zero-order chi connectivity index (χ0) is 25.9. The number of carbonyl (C=O) groups excluding carboxylic acids is 2. The first kappa shape index (κ1) is 25.6. The molecule has 0 aliphatic heterocycles. The van der Waals surface area contributed by atoms with Gasteiger partial charge < -0.3 is 15.0 Å². The van der Waals surface area contributed by atoms with Gasteiger partial charge in [0.1, 0.15) is 17.6 Å². The molecule has 188 valence electrons. The van der Waals surface area contributed by atoms with Crippen LogP contribution in [-0.2, 0) is 29.1 Å². The topological polar surface area (TPSA) is 71.5 Å². The quantitative estimate of drug-likeness (QED) is 0.330. The molecule has 0 unspecified atom stereocenters. The lowest BCUT2D eigenvalue weighted by Gasteiger charge is -2.31. The predicted molar refractivity (Wildman–Crippen MR) is 139 cm³/mol. The Kier molecular flexibility index (Phi) is 8.97. The molecular weight excluding hydrogens is 469 g/mol. The molecule has 1 aromatic heterocycles. The van der Waals surface area contributed by atoms with E-state index in [1.54, 1.807) is 36.5 Å². The van der Waals surface area contributed by atoms with Gasteiger partial charge in [0, 0.05) is 19.2 Å². The van der Waals surface area contributed by atoms with Gasteiger partial charge in [-0.15, -0.1) is 0 Å². The first-order valence-corrected chi connectivity index (χ1v) is 12.0. The number of aromatic nitrogens is 1. The number of pyridine rings is 1. The zero-order valence-electron chi connectivity index (χ0n) is 20.3. The maximum atomic E-state index is 13.6. The summed E-state index contributed by atoms with van der Waals surface area (Å²) in [4.78, 5) is 32.8. The second-order valence-electron chi connectivity index (χ2n) is 8.49. The molecule has 1 atom stereocenters. The first-order chi connectivity index (χ1) is 18.1. The molecule has 6 nitrogen and oxygen atoms in total. The Balaban J connectivity index is 1.60. The molecule has 37 heavy (non-hydrogen) atoms. The van der Waals surface area contributed by atoms with Crippen molar-refractivity contribution in [2.24, 2.45) is 0 Å². The summed E-state index contributed by atoms with van der Waals surface area (Å²) in [7, 11) is 0. The van der Waals surface area contributed by atoms with Crippen molar-refractivity contribution in [3.05, 3.63) is 132 Å². The Morgan fingerprint density at radius 1 is 0.838 bits per heavy atom. The van der Waals surface area contributed by atoms with Crippen molar-refractivity contribution in [1.29, 1.82) is 0 Å². The van der Waals surface area contributed by atoms with Gasteiger partial charge >= 0.3 is 0 Å². The number of amides is 2. The Morgan fingerprint density at radius 2 is 1.51 bits per heavy atom. The molecular formula is C30H28FN3O3. The summed E-state index contributed by atoms with van der Waals surface area (Å²) >= 11 is 0. The second-order valence-corrected chi connectivity index (χ2v) is 8.49. The van der Waals surface area contributed by atoms with Gasteiger partial charge in [0.15, 0.2) is 6.61 Å². The average Bonchev–Trinajstić information content (AvgIpc) is 2.95. The Morgan fingerprint density at radius 3 is 2.19 bits per heavy atom. The number of halogens is 1. The summed E-state index contributed by atoms with van der Waals surface area (Å²) in [6.07, 6.45) is 1.96. The number of hydrogen-bond donors (Lipinski definition) is 1. The molecule has 4 rings (SSSR count). The molecule has 0 aliphatic rings. The van der Waals surface area contributed by atoms with Crippen molar-refractivity contribution in [2.75, 3.05) is 6.61 Å². The summed E-state index contributed by atoms with van der Waals surface area (Å²) in [6.45, 7) is 0.0971. The standard InChI is InChI=1S/C30H28FN3O3/c31-25-16-14-24(15-17-25)21-34(29(35)22-37-27-12-5-2-6-13-27)28(19-23-9-3-1-4-10-23)30(36)33-20-26-11-7-8-18-32-26/h1-18,28H,19-22H2,(H,33,36)/t28-/m0/s1. The van der Waals surface area contributed by atoms with Crippen LogP contribution < -0.4 is 10.1 Å². The van der Waals surface area contributed by atoms with E-state index in [1.807, 2.05) is 60.7 Å². The minimum atomic E-state index is -0.831. The van der Waals surface area contributed by atoms with Crippen molar-refractivity contribution < 1.29 is 18.7 Å². The molecule has 0 saturated carbocycles. The van der Waals surface area contributed by atoms with Gasteiger partial charge in [-0.05, 0) is 47.5 Å². The van der Waals surface area contributed by atoms with Crippen LogP contribution >= 0.6 is 0 Å². The molecule has 0 radical (unpaired) electrons.